The van der Waals surface area contributed by atoms with E-state index >= 15 is 0 Å². The number of carbonyl (C=O) groups is 1. The van der Waals surface area contributed by atoms with Crippen LogP contribution in [-0.4, -0.2) is 12.0 Å². The van der Waals surface area contributed by atoms with Crippen molar-refractivity contribution in [3.63, 3.8) is 0 Å². The van der Waals surface area contributed by atoms with Crippen LogP contribution in [-0.2, 0) is 9.53 Å². The summed E-state index contributed by atoms with van der Waals surface area (Å²) in [4.78, 5) is 11.9. The molecule has 1 aliphatic carbocycles. The molecule has 1 saturated carbocycles. The average Bonchev–Trinajstić information content (AvgIpc) is 2.79. The van der Waals surface area contributed by atoms with Gasteiger partial charge in [-0.1, -0.05) is 30.3 Å². The molecule has 1 saturated heterocycles. The number of hydrogen-bond acceptors (Lipinski definition) is 2. The minimum absolute atomic E-state index is 0.0833. The topological polar surface area (TPSA) is 38.3 Å². The summed E-state index contributed by atoms with van der Waals surface area (Å²) in [6, 6.07) is 9.87. The van der Waals surface area contributed by atoms with E-state index in [4.69, 9.17) is 4.74 Å². The van der Waals surface area contributed by atoms with Gasteiger partial charge in [-0.25, -0.2) is 0 Å². The summed E-state index contributed by atoms with van der Waals surface area (Å²) in [5.41, 5.74) is 1.03. The lowest BCUT2D eigenvalue weighted by molar-refractivity contribution is -0.150. The molecule has 2 aliphatic rings. The van der Waals surface area contributed by atoms with Crippen molar-refractivity contribution in [3.05, 3.63) is 35.9 Å². The first-order valence-corrected chi connectivity index (χ1v) is 5.85. The summed E-state index contributed by atoms with van der Waals surface area (Å²) in [6.07, 6.45) is 2.95. The van der Waals surface area contributed by atoms with E-state index in [1.165, 1.54) is 0 Å². The van der Waals surface area contributed by atoms with Gasteiger partial charge in [-0.05, 0) is 19.3 Å². The molecule has 0 bridgehead atoms. The van der Waals surface area contributed by atoms with Crippen molar-refractivity contribution < 1.29 is 9.53 Å². The molecule has 3 atom stereocenters. The predicted molar refractivity (Wildman–Crippen MR) is 59.5 cm³/mol. The van der Waals surface area contributed by atoms with Crippen LogP contribution < -0.4 is 5.32 Å². The predicted octanol–water partition coefficient (Wildman–Crippen LogP) is 2.00. The van der Waals surface area contributed by atoms with Crippen LogP contribution in [0.1, 0.15) is 31.1 Å². The average molecular weight is 217 g/mol. The van der Waals surface area contributed by atoms with Crippen LogP contribution in [0.4, 0.5) is 0 Å². The van der Waals surface area contributed by atoms with Gasteiger partial charge in [-0.15, -0.1) is 0 Å². The molecule has 0 radical (unpaired) electrons. The second-order valence-electron chi connectivity index (χ2n) is 4.51. The second kappa shape index (κ2) is 3.91. The summed E-state index contributed by atoms with van der Waals surface area (Å²) in [5.74, 6) is 0.238. The van der Waals surface area contributed by atoms with Crippen molar-refractivity contribution in [1.82, 2.24) is 5.32 Å². The van der Waals surface area contributed by atoms with Crippen molar-refractivity contribution in [2.45, 2.75) is 31.6 Å². The summed E-state index contributed by atoms with van der Waals surface area (Å²) in [5, 5.41) is 2.94. The third-order valence-electron chi connectivity index (χ3n) is 3.48. The first-order valence-electron chi connectivity index (χ1n) is 5.85. The standard InChI is InChI=1S/C13H15NO2/c15-12-10-7-4-8-11(10)16-13(14-12)9-5-2-1-3-6-9/h1-3,5-6,10-11,13H,4,7-8H2,(H,14,15)/t10-,11+,13-/m1/s1. The maximum Gasteiger partial charge on any atom is 0.227 e. The van der Waals surface area contributed by atoms with Crippen LogP contribution in [0.2, 0.25) is 0 Å². The van der Waals surface area contributed by atoms with Crippen molar-refractivity contribution in [3.8, 4) is 0 Å². The molecule has 1 N–H and O–H groups in total. The van der Waals surface area contributed by atoms with E-state index in [-0.39, 0.29) is 24.2 Å². The normalized spacial score (nSPS) is 33.2. The van der Waals surface area contributed by atoms with E-state index in [1.54, 1.807) is 0 Å². The minimum atomic E-state index is -0.256. The van der Waals surface area contributed by atoms with E-state index in [0.29, 0.717) is 0 Å². The molecule has 0 unspecified atom stereocenters. The summed E-state index contributed by atoms with van der Waals surface area (Å²) >= 11 is 0. The quantitative estimate of drug-likeness (QED) is 0.781. The Morgan fingerprint density at radius 1 is 1.19 bits per heavy atom. The number of nitrogens with one attached hydrogen (secondary N) is 1. The molecule has 2 fully saturated rings. The Hall–Kier alpha value is -1.35. The van der Waals surface area contributed by atoms with E-state index in [2.05, 4.69) is 5.32 Å². The van der Waals surface area contributed by atoms with Crippen molar-refractivity contribution in [2.24, 2.45) is 5.92 Å². The molecule has 0 aromatic heterocycles. The molecule has 1 aliphatic heterocycles. The molecular formula is C13H15NO2. The van der Waals surface area contributed by atoms with Crippen molar-refractivity contribution >= 4 is 5.91 Å². The van der Waals surface area contributed by atoms with Gasteiger partial charge in [0, 0.05) is 5.56 Å². The second-order valence-corrected chi connectivity index (χ2v) is 4.51. The van der Waals surface area contributed by atoms with Crippen molar-refractivity contribution in [2.75, 3.05) is 0 Å². The Morgan fingerprint density at radius 3 is 2.81 bits per heavy atom. The Kier molecular flexibility index (Phi) is 2.40. The molecule has 16 heavy (non-hydrogen) atoms. The van der Waals surface area contributed by atoms with Gasteiger partial charge in [0.1, 0.15) is 0 Å². The van der Waals surface area contributed by atoms with Crippen LogP contribution in [0.5, 0.6) is 0 Å². The minimum Gasteiger partial charge on any atom is -0.350 e. The highest BCUT2D eigenvalue weighted by molar-refractivity contribution is 5.80. The number of amides is 1. The van der Waals surface area contributed by atoms with E-state index < -0.39 is 0 Å². The highest BCUT2D eigenvalue weighted by Crippen LogP contribution is 2.35. The molecule has 1 amide bonds. The van der Waals surface area contributed by atoms with Gasteiger partial charge in [0.05, 0.1) is 12.0 Å². The van der Waals surface area contributed by atoms with Crippen LogP contribution >= 0.6 is 0 Å². The fourth-order valence-electron chi connectivity index (χ4n) is 2.62. The van der Waals surface area contributed by atoms with Gasteiger partial charge >= 0.3 is 0 Å². The lowest BCUT2D eigenvalue weighted by atomic mass is 10.0. The maximum atomic E-state index is 11.9. The van der Waals surface area contributed by atoms with Gasteiger partial charge < -0.3 is 10.1 Å². The maximum absolute atomic E-state index is 11.9. The Balaban J connectivity index is 1.81. The van der Waals surface area contributed by atoms with Gasteiger partial charge in [0.25, 0.3) is 0 Å². The molecule has 3 heteroatoms. The van der Waals surface area contributed by atoms with E-state index in [9.17, 15) is 4.79 Å². The highest BCUT2D eigenvalue weighted by atomic mass is 16.5. The number of fused-ring (bicyclic) bond motifs is 1. The summed E-state index contributed by atoms with van der Waals surface area (Å²) < 4.78 is 5.93. The van der Waals surface area contributed by atoms with Crippen molar-refractivity contribution in [1.29, 1.82) is 0 Å². The number of carbonyl (C=O) groups excluding carboxylic acids is 1. The molecule has 1 aromatic carbocycles. The number of benzene rings is 1. The largest absolute Gasteiger partial charge is 0.350 e. The van der Waals surface area contributed by atoms with Crippen LogP contribution in [0.15, 0.2) is 30.3 Å². The molecule has 1 aromatic rings. The number of hydrogen-bond donors (Lipinski definition) is 1. The fraction of sp³-hybridized carbons (Fsp3) is 0.462. The third-order valence-corrected chi connectivity index (χ3v) is 3.48. The molecule has 0 spiro atoms. The highest BCUT2D eigenvalue weighted by Gasteiger charge is 2.40. The van der Waals surface area contributed by atoms with E-state index in [0.717, 1.165) is 24.8 Å². The first kappa shape index (κ1) is 9.85. The summed E-state index contributed by atoms with van der Waals surface area (Å²) in [7, 11) is 0. The lowest BCUT2D eigenvalue weighted by Gasteiger charge is -2.33. The number of ether oxygens (including phenoxy) is 1. The molecule has 1 heterocycles. The molecule has 3 nitrogen and oxygen atoms in total. The van der Waals surface area contributed by atoms with Gasteiger partial charge in [-0.2, -0.15) is 0 Å². The smallest absolute Gasteiger partial charge is 0.227 e. The zero-order valence-corrected chi connectivity index (χ0v) is 9.06. The van der Waals surface area contributed by atoms with Crippen LogP contribution in [0, 0.1) is 5.92 Å². The van der Waals surface area contributed by atoms with Gasteiger partial charge in [-0.3, -0.25) is 4.79 Å². The zero-order chi connectivity index (χ0) is 11.0. The molecule has 3 rings (SSSR count). The Morgan fingerprint density at radius 2 is 2.00 bits per heavy atom. The third kappa shape index (κ3) is 1.61. The monoisotopic (exact) mass is 217 g/mol. The lowest BCUT2D eigenvalue weighted by Crippen LogP contribution is -2.46. The number of rotatable bonds is 1. The zero-order valence-electron chi connectivity index (χ0n) is 9.06. The molecule has 84 valence electrons. The van der Waals surface area contributed by atoms with E-state index in [1.807, 2.05) is 30.3 Å². The summed E-state index contributed by atoms with van der Waals surface area (Å²) in [6.45, 7) is 0. The Labute approximate surface area is 94.8 Å². The van der Waals surface area contributed by atoms with Crippen LogP contribution in [0.25, 0.3) is 0 Å². The SMILES string of the molecule is O=C1N[C@@H](c2ccccc2)O[C@H]2CCC[C@@H]12. The first-order chi connectivity index (χ1) is 7.84. The fourth-order valence-corrected chi connectivity index (χ4v) is 2.62. The molecular weight excluding hydrogens is 202 g/mol. The van der Waals surface area contributed by atoms with Gasteiger partial charge in [0.15, 0.2) is 6.23 Å². The van der Waals surface area contributed by atoms with Gasteiger partial charge in [0.2, 0.25) is 5.91 Å². The van der Waals surface area contributed by atoms with Crippen LogP contribution in [0.3, 0.4) is 0 Å². The Bertz CT molecular complexity index is 390.